The number of sulfonamides is 1. The largest absolute Gasteiger partial charge is 0.432 e. The Kier molecular flexibility index (Phi) is 4.43. The Bertz CT molecular complexity index is 1090. The molecule has 154 valence electrons. The third-order valence-electron chi connectivity index (χ3n) is 5.47. The zero-order valence-corrected chi connectivity index (χ0v) is 17.4. The van der Waals surface area contributed by atoms with Crippen LogP contribution in [0.4, 0.5) is 4.79 Å². The lowest BCUT2D eigenvalue weighted by Gasteiger charge is -2.36. The molecule has 1 aromatic carbocycles. The van der Waals surface area contributed by atoms with Gasteiger partial charge in [0.05, 0.1) is 5.52 Å². The summed E-state index contributed by atoms with van der Waals surface area (Å²) in [7, 11) is -3.80. The fourth-order valence-corrected chi connectivity index (χ4v) is 5.56. The summed E-state index contributed by atoms with van der Waals surface area (Å²) in [4.78, 5) is 30.7. The van der Waals surface area contributed by atoms with Gasteiger partial charge in [0.2, 0.25) is 10.0 Å². The number of carbonyl (C=O) groups excluding carboxylic acids is 2. The summed E-state index contributed by atoms with van der Waals surface area (Å²) >= 11 is 0. The number of hydrogen-bond donors (Lipinski definition) is 0. The maximum Gasteiger partial charge on any atom is 0.418 e. The number of pyridine rings is 1. The molecule has 2 amide bonds. The van der Waals surface area contributed by atoms with Crippen molar-refractivity contribution in [1.82, 2.24) is 14.2 Å². The van der Waals surface area contributed by atoms with Crippen molar-refractivity contribution in [1.29, 1.82) is 0 Å². The maximum atomic E-state index is 13.3. The summed E-state index contributed by atoms with van der Waals surface area (Å²) in [6, 6.07) is 8.60. The quantitative estimate of drug-likeness (QED) is 0.745. The molecule has 29 heavy (non-hydrogen) atoms. The Morgan fingerprint density at radius 2 is 1.72 bits per heavy atom. The van der Waals surface area contributed by atoms with Crippen LogP contribution in [0.5, 0.6) is 0 Å². The molecule has 0 aliphatic carbocycles. The van der Waals surface area contributed by atoms with Gasteiger partial charge in [-0.05, 0) is 32.9 Å². The number of ether oxygens (including phenoxy) is 1. The molecule has 2 fully saturated rings. The monoisotopic (exact) mass is 417 g/mol. The van der Waals surface area contributed by atoms with Gasteiger partial charge in [-0.25, -0.2) is 18.1 Å². The number of aromatic nitrogens is 1. The van der Waals surface area contributed by atoms with E-state index in [0.717, 1.165) is 10.3 Å². The Balaban J connectivity index is 1.60. The molecule has 0 bridgehead atoms. The highest BCUT2D eigenvalue weighted by Gasteiger charge is 2.58. The second-order valence-electron chi connectivity index (χ2n) is 8.41. The average Bonchev–Trinajstić information content (AvgIpc) is 2.91. The number of amides is 2. The van der Waals surface area contributed by atoms with Gasteiger partial charge in [-0.1, -0.05) is 18.2 Å². The van der Waals surface area contributed by atoms with E-state index in [2.05, 4.69) is 4.98 Å². The molecule has 1 aromatic heterocycles. The SMILES string of the molecule is CC(C)(C)N1C(=O)OC2(CCN(S(=O)(=O)c3cccc4cccnc34)CC2)C1=O. The molecule has 0 radical (unpaired) electrons. The molecule has 0 N–H and O–H groups in total. The van der Waals surface area contributed by atoms with Gasteiger partial charge in [-0.3, -0.25) is 9.78 Å². The van der Waals surface area contributed by atoms with Crippen molar-refractivity contribution in [2.24, 2.45) is 0 Å². The fourth-order valence-electron chi connectivity index (χ4n) is 3.95. The van der Waals surface area contributed by atoms with Crippen LogP contribution < -0.4 is 0 Å². The Morgan fingerprint density at radius 1 is 1.07 bits per heavy atom. The van der Waals surface area contributed by atoms with Crippen molar-refractivity contribution in [3.8, 4) is 0 Å². The summed E-state index contributed by atoms with van der Waals surface area (Å²) < 4.78 is 33.3. The molecule has 1 spiro atoms. The molecule has 2 saturated heterocycles. The molecule has 4 rings (SSSR count). The van der Waals surface area contributed by atoms with E-state index in [1.54, 1.807) is 39.1 Å². The van der Waals surface area contributed by atoms with Crippen LogP contribution >= 0.6 is 0 Å². The number of hydrogen-bond acceptors (Lipinski definition) is 6. The Hall–Kier alpha value is -2.52. The van der Waals surface area contributed by atoms with E-state index in [0.29, 0.717) is 5.52 Å². The molecule has 0 atom stereocenters. The molecule has 2 aliphatic rings. The summed E-state index contributed by atoms with van der Waals surface area (Å²) in [5, 5.41) is 0.739. The third-order valence-corrected chi connectivity index (χ3v) is 7.40. The smallest absolute Gasteiger partial charge is 0.418 e. The van der Waals surface area contributed by atoms with Crippen molar-refractivity contribution in [3.63, 3.8) is 0 Å². The van der Waals surface area contributed by atoms with E-state index in [1.807, 2.05) is 12.1 Å². The molecule has 2 aromatic rings. The first kappa shape index (κ1) is 19.8. The average molecular weight is 417 g/mol. The lowest BCUT2D eigenvalue weighted by atomic mass is 9.90. The summed E-state index contributed by atoms with van der Waals surface area (Å²) in [6.07, 6.45) is 1.14. The highest BCUT2D eigenvalue weighted by Crippen LogP contribution is 2.39. The van der Waals surface area contributed by atoms with Crippen LogP contribution in [0.3, 0.4) is 0 Å². The standard InChI is InChI=1S/C20H23N3O5S/c1-19(2,3)23-17(24)20(28-18(23)25)9-12-22(13-10-20)29(26,27)15-8-4-6-14-7-5-11-21-16(14)15/h4-8,11H,9-10,12-13H2,1-3H3. The summed E-state index contributed by atoms with van der Waals surface area (Å²) in [5.74, 6) is -0.390. The second-order valence-corrected chi connectivity index (χ2v) is 10.3. The van der Waals surface area contributed by atoms with Gasteiger partial charge in [-0.15, -0.1) is 0 Å². The van der Waals surface area contributed by atoms with E-state index in [1.165, 1.54) is 10.4 Å². The molecule has 8 nitrogen and oxygen atoms in total. The van der Waals surface area contributed by atoms with Crippen LogP contribution in [0.2, 0.25) is 0 Å². The molecule has 0 saturated carbocycles. The molecular weight excluding hydrogens is 394 g/mol. The van der Waals surface area contributed by atoms with Gasteiger partial charge >= 0.3 is 6.09 Å². The number of rotatable bonds is 2. The lowest BCUT2D eigenvalue weighted by molar-refractivity contribution is -0.142. The van der Waals surface area contributed by atoms with Crippen LogP contribution in [-0.4, -0.2) is 58.8 Å². The zero-order valence-electron chi connectivity index (χ0n) is 16.6. The number of fused-ring (bicyclic) bond motifs is 1. The van der Waals surface area contributed by atoms with Crippen molar-refractivity contribution in [2.45, 2.75) is 49.6 Å². The van der Waals surface area contributed by atoms with Gasteiger partial charge in [0, 0.05) is 43.1 Å². The molecular formula is C20H23N3O5S. The zero-order chi connectivity index (χ0) is 21.0. The minimum atomic E-state index is -3.80. The highest BCUT2D eigenvalue weighted by atomic mass is 32.2. The number of imide groups is 1. The summed E-state index contributed by atoms with van der Waals surface area (Å²) in [6.45, 7) is 5.46. The third kappa shape index (κ3) is 3.08. The van der Waals surface area contributed by atoms with Crippen molar-refractivity contribution < 1.29 is 22.7 Å². The first-order valence-corrected chi connectivity index (χ1v) is 10.9. The predicted octanol–water partition coefficient (Wildman–Crippen LogP) is 2.54. The van der Waals surface area contributed by atoms with Crippen molar-refractivity contribution >= 4 is 32.9 Å². The Morgan fingerprint density at radius 3 is 2.34 bits per heavy atom. The van der Waals surface area contributed by atoms with E-state index in [9.17, 15) is 18.0 Å². The second kappa shape index (κ2) is 6.50. The number of para-hydroxylation sites is 1. The molecule has 2 aliphatic heterocycles. The Labute approximate surface area is 169 Å². The minimum Gasteiger partial charge on any atom is -0.432 e. The van der Waals surface area contributed by atoms with Gasteiger partial charge in [0.1, 0.15) is 4.90 Å². The van der Waals surface area contributed by atoms with Gasteiger partial charge in [0.15, 0.2) is 5.60 Å². The van der Waals surface area contributed by atoms with Crippen LogP contribution in [0.25, 0.3) is 10.9 Å². The normalized spacial score (nSPS) is 20.4. The van der Waals surface area contributed by atoms with Crippen LogP contribution in [0.15, 0.2) is 41.4 Å². The fraction of sp³-hybridized carbons (Fsp3) is 0.450. The number of benzene rings is 1. The lowest BCUT2D eigenvalue weighted by Crippen LogP contribution is -2.53. The van der Waals surface area contributed by atoms with Crippen LogP contribution in [0.1, 0.15) is 33.6 Å². The molecule has 9 heteroatoms. The highest BCUT2D eigenvalue weighted by molar-refractivity contribution is 7.89. The maximum absolute atomic E-state index is 13.3. The van der Waals surface area contributed by atoms with Crippen molar-refractivity contribution in [2.75, 3.05) is 13.1 Å². The predicted molar refractivity (Wildman–Crippen MR) is 106 cm³/mol. The van der Waals surface area contributed by atoms with Crippen LogP contribution in [-0.2, 0) is 19.6 Å². The summed E-state index contributed by atoms with van der Waals surface area (Å²) in [5.41, 5.74) is -1.57. The van der Waals surface area contributed by atoms with E-state index < -0.39 is 27.3 Å². The van der Waals surface area contributed by atoms with Crippen molar-refractivity contribution in [3.05, 3.63) is 36.5 Å². The first-order chi connectivity index (χ1) is 13.6. The molecule has 3 heterocycles. The topological polar surface area (TPSA) is 96.9 Å². The van der Waals surface area contributed by atoms with E-state index in [-0.39, 0.29) is 36.7 Å². The van der Waals surface area contributed by atoms with E-state index >= 15 is 0 Å². The minimum absolute atomic E-state index is 0.0859. The van der Waals surface area contributed by atoms with Gasteiger partial charge < -0.3 is 4.74 Å². The number of nitrogens with zero attached hydrogens (tertiary/aromatic N) is 3. The number of piperidine rings is 1. The van der Waals surface area contributed by atoms with E-state index in [4.69, 9.17) is 4.74 Å². The van der Waals surface area contributed by atoms with Crippen LogP contribution in [0, 0.1) is 0 Å². The van der Waals surface area contributed by atoms with Gasteiger partial charge in [-0.2, -0.15) is 4.31 Å². The first-order valence-electron chi connectivity index (χ1n) is 9.48. The van der Waals surface area contributed by atoms with Gasteiger partial charge in [0.25, 0.3) is 5.91 Å². The number of carbonyl (C=O) groups is 2. The molecule has 0 unspecified atom stereocenters.